The Kier molecular flexibility index (Phi) is 8.10. The third-order valence-corrected chi connectivity index (χ3v) is 8.72. The molecule has 0 aliphatic carbocycles. The number of benzene rings is 1. The summed E-state index contributed by atoms with van der Waals surface area (Å²) in [4.78, 5) is 11.3. The number of rotatable bonds is 9. The molecule has 0 saturated carbocycles. The molecule has 1 aromatic carbocycles. The molecule has 6 nitrogen and oxygen atoms in total. The predicted octanol–water partition coefficient (Wildman–Crippen LogP) is 5.15. The molecule has 1 aliphatic rings. The van der Waals surface area contributed by atoms with Gasteiger partial charge in [-0.1, -0.05) is 13.8 Å². The van der Waals surface area contributed by atoms with E-state index >= 15 is 0 Å². The molecule has 32 heavy (non-hydrogen) atoms. The van der Waals surface area contributed by atoms with E-state index in [0.717, 1.165) is 51.5 Å². The molecule has 4 unspecified atom stereocenters. The van der Waals surface area contributed by atoms with Crippen molar-refractivity contribution >= 4 is 35.7 Å². The van der Waals surface area contributed by atoms with Crippen molar-refractivity contribution < 1.29 is 12.8 Å². The second-order valence-electron chi connectivity index (χ2n) is 8.85. The van der Waals surface area contributed by atoms with E-state index in [4.69, 9.17) is 0 Å². The summed E-state index contributed by atoms with van der Waals surface area (Å²) in [5.74, 6) is 1.45. The minimum atomic E-state index is -3.47. The number of aromatic nitrogens is 2. The minimum absolute atomic E-state index is 0.0489. The van der Waals surface area contributed by atoms with Gasteiger partial charge in [-0.15, -0.1) is 8.58 Å². The molecule has 0 radical (unpaired) electrons. The maximum atomic E-state index is 14.6. The number of nitrogens with zero attached hydrogens (tertiary/aromatic N) is 3. The summed E-state index contributed by atoms with van der Waals surface area (Å²) in [5, 5.41) is 3.03. The van der Waals surface area contributed by atoms with Crippen LogP contribution in [0.4, 0.5) is 21.7 Å². The van der Waals surface area contributed by atoms with Crippen LogP contribution in [0.2, 0.25) is 0 Å². The summed E-state index contributed by atoms with van der Waals surface area (Å²) in [5.41, 5.74) is 1.05. The molecule has 0 spiro atoms. The van der Waals surface area contributed by atoms with E-state index in [0.29, 0.717) is 23.8 Å². The van der Waals surface area contributed by atoms with Gasteiger partial charge in [0.15, 0.2) is 9.84 Å². The van der Waals surface area contributed by atoms with Crippen LogP contribution in [0.25, 0.3) is 0 Å². The molecule has 176 valence electrons. The number of nitrogens with one attached hydrogen (secondary N) is 1. The smallest absolute Gasteiger partial charge is 0.175 e. The molecule has 1 saturated heterocycles. The molecule has 0 amide bonds. The summed E-state index contributed by atoms with van der Waals surface area (Å²) in [6.07, 6.45) is 8.51. The van der Waals surface area contributed by atoms with Gasteiger partial charge < -0.3 is 10.2 Å². The Bertz CT molecular complexity index is 1050. The van der Waals surface area contributed by atoms with Crippen molar-refractivity contribution in [2.24, 2.45) is 5.92 Å². The Hall–Kier alpha value is -1.79. The maximum Gasteiger partial charge on any atom is 0.175 e. The fourth-order valence-corrected chi connectivity index (χ4v) is 5.99. The molecule has 9 heteroatoms. The average molecular weight is 481 g/mol. The van der Waals surface area contributed by atoms with Gasteiger partial charge >= 0.3 is 0 Å². The Morgan fingerprint density at radius 2 is 2.06 bits per heavy atom. The van der Waals surface area contributed by atoms with Crippen molar-refractivity contribution in [3.8, 4) is 0 Å². The lowest BCUT2D eigenvalue weighted by Gasteiger charge is -2.32. The van der Waals surface area contributed by atoms with Gasteiger partial charge in [-0.25, -0.2) is 22.8 Å². The highest BCUT2D eigenvalue weighted by Gasteiger charge is 2.33. The first-order valence-electron chi connectivity index (χ1n) is 11.2. The zero-order valence-electron chi connectivity index (χ0n) is 19.5. The van der Waals surface area contributed by atoms with Crippen LogP contribution in [-0.2, 0) is 9.84 Å². The van der Waals surface area contributed by atoms with Crippen LogP contribution >= 0.6 is 8.58 Å². The molecule has 1 fully saturated rings. The predicted molar refractivity (Wildman–Crippen MR) is 132 cm³/mol. The van der Waals surface area contributed by atoms with Crippen molar-refractivity contribution in [3.05, 3.63) is 35.9 Å². The number of sulfone groups is 1. The molecule has 4 atom stereocenters. The van der Waals surface area contributed by atoms with E-state index in [-0.39, 0.29) is 10.6 Å². The lowest BCUT2D eigenvalue weighted by molar-refractivity contribution is 0.491. The van der Waals surface area contributed by atoms with Crippen LogP contribution in [0.1, 0.15) is 45.6 Å². The summed E-state index contributed by atoms with van der Waals surface area (Å²) < 4.78 is 38.0. The molecule has 1 aliphatic heterocycles. The zero-order chi connectivity index (χ0) is 23.5. The molecule has 2 aromatic rings. The SMILES string of the molecule is CCPCC(C)CC1CCC(C)N1c1ncnc(Nc2ccc(S(C)(=O)=O)cc2F)c1C. The summed E-state index contributed by atoms with van der Waals surface area (Å²) in [7, 11) is -2.45. The van der Waals surface area contributed by atoms with Crippen LogP contribution in [0.3, 0.4) is 0 Å². The highest BCUT2D eigenvalue weighted by atomic mass is 32.2. The number of hydrogen-bond acceptors (Lipinski definition) is 6. The first kappa shape index (κ1) is 24.8. The van der Waals surface area contributed by atoms with Gasteiger partial charge in [0.05, 0.1) is 10.6 Å². The van der Waals surface area contributed by atoms with Crippen LogP contribution in [0, 0.1) is 18.7 Å². The van der Waals surface area contributed by atoms with Crippen LogP contribution < -0.4 is 10.2 Å². The quantitative estimate of drug-likeness (QED) is 0.500. The van der Waals surface area contributed by atoms with Gasteiger partial charge in [-0.3, -0.25) is 0 Å². The van der Waals surface area contributed by atoms with Crippen molar-refractivity contribution in [2.75, 3.05) is 28.8 Å². The topological polar surface area (TPSA) is 75.2 Å². The Morgan fingerprint density at radius 3 is 2.72 bits per heavy atom. The first-order valence-corrected chi connectivity index (χ1v) is 14.5. The van der Waals surface area contributed by atoms with Gasteiger partial charge in [-0.2, -0.15) is 0 Å². The largest absolute Gasteiger partial charge is 0.351 e. The molecule has 1 aromatic heterocycles. The van der Waals surface area contributed by atoms with Gasteiger partial charge in [0.1, 0.15) is 23.8 Å². The molecular weight excluding hydrogens is 446 g/mol. The molecule has 3 rings (SSSR count). The van der Waals surface area contributed by atoms with Crippen molar-refractivity contribution in [3.63, 3.8) is 0 Å². The molecule has 0 bridgehead atoms. The Labute approximate surface area is 193 Å². The van der Waals surface area contributed by atoms with Gasteiger partial charge in [0.25, 0.3) is 0 Å². The first-order chi connectivity index (χ1) is 15.1. The lowest BCUT2D eigenvalue weighted by Crippen LogP contribution is -2.37. The van der Waals surface area contributed by atoms with Crippen molar-refractivity contribution in [2.45, 2.75) is 63.9 Å². The van der Waals surface area contributed by atoms with E-state index in [1.165, 1.54) is 30.8 Å². The van der Waals surface area contributed by atoms with E-state index in [2.05, 4.69) is 41.0 Å². The third kappa shape index (κ3) is 5.76. The second kappa shape index (κ2) is 10.4. The van der Waals surface area contributed by atoms with E-state index in [1.807, 2.05) is 6.92 Å². The number of halogens is 1. The zero-order valence-corrected chi connectivity index (χ0v) is 21.3. The summed E-state index contributed by atoms with van der Waals surface area (Å²) in [6, 6.07) is 4.69. The average Bonchev–Trinajstić information content (AvgIpc) is 3.08. The number of hydrogen-bond donors (Lipinski definition) is 1. The van der Waals surface area contributed by atoms with Crippen LogP contribution in [-0.4, -0.2) is 49.0 Å². The van der Waals surface area contributed by atoms with Crippen LogP contribution in [0.15, 0.2) is 29.4 Å². The number of anilines is 3. The monoisotopic (exact) mass is 480 g/mol. The fraction of sp³-hybridized carbons (Fsp3) is 0.565. The van der Waals surface area contributed by atoms with Crippen LogP contribution in [0.5, 0.6) is 0 Å². The lowest BCUT2D eigenvalue weighted by atomic mass is 10.0. The fourth-order valence-electron chi connectivity index (χ4n) is 4.41. The van der Waals surface area contributed by atoms with E-state index < -0.39 is 15.7 Å². The van der Waals surface area contributed by atoms with Gasteiger partial charge in [0, 0.05) is 23.9 Å². The Morgan fingerprint density at radius 1 is 1.31 bits per heavy atom. The third-order valence-electron chi connectivity index (χ3n) is 6.13. The van der Waals surface area contributed by atoms with E-state index in [9.17, 15) is 12.8 Å². The van der Waals surface area contributed by atoms with Crippen molar-refractivity contribution in [1.82, 2.24) is 9.97 Å². The standard InChI is InChI=1S/C23H34FN4O2PS/c1-6-31-13-15(2)11-18-8-7-16(3)28(18)23-17(4)22(25-14-26-23)27-21-10-9-19(12-20(21)24)32(5,29)30/h9-10,12,14-16,18,31H,6-8,11,13H2,1-5H3,(H,25,26,27). The molecule has 1 N–H and O–H groups in total. The normalized spacial score (nSPS) is 20.2. The maximum absolute atomic E-state index is 14.6. The Balaban J connectivity index is 1.84. The highest BCUT2D eigenvalue weighted by molar-refractivity contribution is 7.90. The van der Waals surface area contributed by atoms with Gasteiger partial charge in [0.2, 0.25) is 0 Å². The minimum Gasteiger partial charge on any atom is -0.351 e. The molecule has 2 heterocycles. The highest BCUT2D eigenvalue weighted by Crippen LogP contribution is 2.37. The van der Waals surface area contributed by atoms with E-state index in [1.54, 1.807) is 0 Å². The van der Waals surface area contributed by atoms with Crippen molar-refractivity contribution in [1.29, 1.82) is 0 Å². The second-order valence-corrected chi connectivity index (χ2v) is 12.5. The summed E-state index contributed by atoms with van der Waals surface area (Å²) in [6.45, 7) is 8.76. The molecular formula is C23H34FN4O2PS. The summed E-state index contributed by atoms with van der Waals surface area (Å²) >= 11 is 0. The van der Waals surface area contributed by atoms with Gasteiger partial charge in [-0.05, 0) is 69.6 Å².